The summed E-state index contributed by atoms with van der Waals surface area (Å²) in [5.74, 6) is 2.94. The summed E-state index contributed by atoms with van der Waals surface area (Å²) in [6, 6.07) is 17.9. The van der Waals surface area contributed by atoms with Crippen molar-refractivity contribution in [2.75, 3.05) is 58.6 Å². The van der Waals surface area contributed by atoms with Crippen molar-refractivity contribution in [3.05, 3.63) is 124 Å². The van der Waals surface area contributed by atoms with E-state index in [0.29, 0.717) is 85.7 Å². The van der Waals surface area contributed by atoms with Crippen LogP contribution in [0, 0.1) is 0 Å². The summed E-state index contributed by atoms with van der Waals surface area (Å²) < 4.78 is 156. The number of fused-ring (bicyclic) bond motifs is 3. The number of hydrogen-bond donors (Lipinski definition) is 3. The molecule has 0 radical (unpaired) electrons. The fourth-order valence-corrected chi connectivity index (χ4v) is 10.9. The van der Waals surface area contributed by atoms with E-state index in [1.165, 1.54) is 116 Å². The SMILES string of the molecule is COc1ccnc(CS(=O)C2[N-]c3ccc(OC(F)F)cc3N2)c1OC.COc1ccnc(CS(=O)C2[N-]c3ccc(OC(F)F)cc3N2)c1OC.COc1ccnc(CS(=O)[C@@H]2[N-]c3ccc(OC(F)F)cc3N2)c1OC.[Al+3]. The van der Waals surface area contributed by atoms with Crippen molar-refractivity contribution in [1.29, 1.82) is 0 Å². The topological polar surface area (TPSA) is 251 Å². The Bertz CT molecular complexity index is 2790. The molecule has 0 fully saturated rings. The van der Waals surface area contributed by atoms with E-state index in [-0.39, 0.29) is 51.9 Å². The van der Waals surface area contributed by atoms with Crippen LogP contribution in [0.15, 0.2) is 91.4 Å². The number of benzene rings is 3. The van der Waals surface area contributed by atoms with Crippen molar-refractivity contribution < 1.29 is 81.6 Å². The molecule has 3 aliphatic heterocycles. The van der Waals surface area contributed by atoms with Gasteiger partial charge in [0.15, 0.2) is 34.5 Å². The summed E-state index contributed by atoms with van der Waals surface area (Å²) in [6.07, 6.45) is 4.61. The Kier molecular flexibility index (Phi) is 22.0. The zero-order chi connectivity index (χ0) is 56.0. The Morgan fingerprint density at radius 3 is 0.937 bits per heavy atom. The molecule has 31 heteroatoms. The molecular weight excluding hydrogens is 1130 g/mol. The zero-order valence-electron chi connectivity index (χ0n) is 42.4. The Morgan fingerprint density at radius 2 is 0.709 bits per heavy atom. The van der Waals surface area contributed by atoms with Crippen LogP contribution in [0.1, 0.15) is 17.1 Å². The van der Waals surface area contributed by atoms with E-state index in [1.54, 1.807) is 18.2 Å². The van der Waals surface area contributed by atoms with Gasteiger partial charge in [-0.15, -0.1) is 17.1 Å². The number of halogens is 6. The quantitative estimate of drug-likeness (QED) is 0.0448. The summed E-state index contributed by atoms with van der Waals surface area (Å²) in [4.78, 5) is 12.6. The van der Waals surface area contributed by atoms with Gasteiger partial charge < -0.3 is 74.5 Å². The Hall–Kier alpha value is -7.33. The van der Waals surface area contributed by atoms with E-state index in [4.69, 9.17) is 28.4 Å². The monoisotopic (exact) mass is 1180 g/mol. The number of hydrogen-bond acceptors (Lipinski definition) is 18. The first-order chi connectivity index (χ1) is 37.5. The molecule has 3 aromatic heterocycles. The minimum atomic E-state index is -2.91. The molecule has 420 valence electrons. The van der Waals surface area contributed by atoms with Gasteiger partial charge >= 0.3 is 37.2 Å². The minimum Gasteiger partial charge on any atom is -0.653 e. The molecule has 6 aromatic rings. The summed E-state index contributed by atoms with van der Waals surface area (Å²) in [6.45, 7) is -8.74. The molecule has 3 aliphatic rings. The third kappa shape index (κ3) is 15.7. The molecule has 21 nitrogen and oxygen atoms in total. The van der Waals surface area contributed by atoms with Crippen LogP contribution < -0.4 is 58.6 Å². The summed E-state index contributed by atoms with van der Waals surface area (Å²) in [7, 11) is 4.51. The number of rotatable bonds is 21. The van der Waals surface area contributed by atoms with Crippen LogP contribution in [-0.2, 0) is 49.7 Å². The van der Waals surface area contributed by atoms with E-state index < -0.39 is 68.7 Å². The second-order valence-corrected chi connectivity index (χ2v) is 20.1. The summed E-state index contributed by atoms with van der Waals surface area (Å²) in [5.41, 5.74) is 2.23. The van der Waals surface area contributed by atoms with Crippen LogP contribution in [0.3, 0.4) is 0 Å². The maximum absolute atomic E-state index is 12.7. The zero-order valence-corrected chi connectivity index (χ0v) is 46.0. The van der Waals surface area contributed by atoms with E-state index >= 15 is 0 Å². The number of nitrogens with one attached hydrogen (secondary N) is 3. The van der Waals surface area contributed by atoms with Crippen molar-refractivity contribution >= 4 is 83.9 Å². The van der Waals surface area contributed by atoms with Crippen molar-refractivity contribution in [1.82, 2.24) is 15.0 Å². The number of methoxy groups -OCH3 is 6. The van der Waals surface area contributed by atoms with Gasteiger partial charge in [-0.2, -0.15) is 26.3 Å². The van der Waals surface area contributed by atoms with E-state index in [2.05, 4.69) is 61.1 Å². The molecule has 3 N–H and O–H groups in total. The second-order valence-electron chi connectivity index (χ2n) is 15.6. The average molecular weight is 1180 g/mol. The van der Waals surface area contributed by atoms with Crippen LogP contribution in [0.25, 0.3) is 16.0 Å². The van der Waals surface area contributed by atoms with Gasteiger partial charge in [-0.3, -0.25) is 27.6 Å². The van der Waals surface area contributed by atoms with E-state index in [1.807, 2.05) is 0 Å². The minimum absolute atomic E-state index is 0. The van der Waals surface area contributed by atoms with Crippen LogP contribution in [-0.4, -0.2) is 124 Å². The molecule has 6 atom stereocenters. The Morgan fingerprint density at radius 1 is 0.443 bits per heavy atom. The van der Waals surface area contributed by atoms with E-state index in [9.17, 15) is 39.0 Å². The van der Waals surface area contributed by atoms with Gasteiger partial charge in [0.25, 0.3) is 0 Å². The first-order valence-corrected chi connectivity index (χ1v) is 26.7. The third-order valence-corrected chi connectivity index (χ3v) is 14.7. The predicted molar refractivity (Wildman–Crippen MR) is 284 cm³/mol. The van der Waals surface area contributed by atoms with Crippen molar-refractivity contribution in [3.63, 3.8) is 0 Å². The number of pyridine rings is 3. The molecular formula is C48H48AlF6N9O12S3. The molecule has 0 spiro atoms. The first-order valence-electron chi connectivity index (χ1n) is 22.5. The molecule has 0 saturated carbocycles. The van der Waals surface area contributed by atoms with Gasteiger partial charge in [0.1, 0.15) is 17.2 Å². The molecule has 3 aromatic carbocycles. The molecule has 0 saturated heterocycles. The third-order valence-electron chi connectivity index (χ3n) is 10.9. The predicted octanol–water partition coefficient (Wildman–Crippen LogP) is 9.71. The number of ether oxygens (including phenoxy) is 9. The van der Waals surface area contributed by atoms with Gasteiger partial charge in [0.05, 0.1) is 77.0 Å². The average Bonchev–Trinajstić information content (AvgIpc) is 4.26. The first kappa shape index (κ1) is 60.9. The van der Waals surface area contributed by atoms with Gasteiger partial charge in [0, 0.05) is 121 Å². The van der Waals surface area contributed by atoms with Crippen LogP contribution in [0.5, 0.6) is 51.7 Å². The Labute approximate surface area is 466 Å². The van der Waals surface area contributed by atoms with Crippen molar-refractivity contribution in [3.8, 4) is 51.7 Å². The van der Waals surface area contributed by atoms with Crippen LogP contribution in [0.4, 0.5) is 60.5 Å². The van der Waals surface area contributed by atoms with Crippen LogP contribution in [0.2, 0.25) is 0 Å². The van der Waals surface area contributed by atoms with Crippen molar-refractivity contribution in [2.45, 2.75) is 53.6 Å². The molecule has 0 bridgehead atoms. The number of nitrogens with zero attached hydrogens (tertiary/aromatic N) is 6. The number of alkyl halides is 6. The maximum Gasteiger partial charge on any atom is 3.00 e. The summed E-state index contributed by atoms with van der Waals surface area (Å²) in [5, 5.41) is 21.8. The second kappa shape index (κ2) is 28.5. The van der Waals surface area contributed by atoms with Crippen molar-refractivity contribution in [2.24, 2.45) is 0 Å². The normalized spacial score (nSPS) is 16.2. The fourth-order valence-electron chi connectivity index (χ4n) is 7.51. The molecule has 0 aliphatic carbocycles. The summed E-state index contributed by atoms with van der Waals surface area (Å²) >= 11 is 0. The molecule has 79 heavy (non-hydrogen) atoms. The maximum atomic E-state index is 12.7. The smallest absolute Gasteiger partial charge is 0.653 e. The van der Waals surface area contributed by atoms with Gasteiger partial charge in [-0.25, -0.2) is 0 Å². The molecule has 9 rings (SSSR count). The number of aromatic nitrogens is 3. The number of anilines is 3. The largest absolute Gasteiger partial charge is 3.00 e. The van der Waals surface area contributed by atoms with Gasteiger partial charge in [0.2, 0.25) is 0 Å². The molecule has 0 amide bonds. The molecule has 5 unspecified atom stereocenters. The van der Waals surface area contributed by atoms with Gasteiger partial charge in [-0.1, -0.05) is 18.2 Å². The Balaban J connectivity index is 0.000000190. The molecule has 6 heterocycles. The van der Waals surface area contributed by atoms with E-state index in [0.717, 1.165) is 0 Å². The van der Waals surface area contributed by atoms with Gasteiger partial charge in [-0.05, 0) is 18.2 Å². The van der Waals surface area contributed by atoms with Crippen LogP contribution >= 0.6 is 0 Å². The standard InChI is InChI=1S/3C16H16F2N3O4S.Al/c3*1-23-13-5-6-19-12(14(13)24-2)8-26(22)16-20-10-4-3-9(25-15(17)18)7-11(10)21-16;/h3*3-7,15-16,21H,8H2,1-2H3;/q3*-1;+3/t16-,26?;;;/m1.../s1. The fraction of sp³-hybridized carbons (Fsp3) is 0.312.